The van der Waals surface area contributed by atoms with Gasteiger partial charge in [0.2, 0.25) is 0 Å². The van der Waals surface area contributed by atoms with E-state index in [1.165, 1.54) is 6.07 Å². The summed E-state index contributed by atoms with van der Waals surface area (Å²) in [6.45, 7) is 7.19. The van der Waals surface area contributed by atoms with Gasteiger partial charge in [0.1, 0.15) is 5.60 Å². The number of amides is 1. The van der Waals surface area contributed by atoms with Gasteiger partial charge in [0.05, 0.1) is 17.7 Å². The molecule has 0 aliphatic carbocycles. The first kappa shape index (κ1) is 25.7. The SMILES string of the molecule is Cc1ccc(C(F)(F)F)cc1CNC[C@H](O)[C@H](Cc1ccccc1)NC(=O)OC(C)(C)C. The Morgan fingerprint density at radius 2 is 1.75 bits per heavy atom. The number of aliphatic hydroxyl groups excluding tert-OH is 1. The summed E-state index contributed by atoms with van der Waals surface area (Å²) in [7, 11) is 0. The summed E-state index contributed by atoms with van der Waals surface area (Å²) in [5, 5.41) is 16.4. The Kier molecular flexibility index (Phi) is 8.69. The zero-order chi connectivity index (χ0) is 23.9. The van der Waals surface area contributed by atoms with Gasteiger partial charge in [-0.2, -0.15) is 13.2 Å². The molecule has 0 aliphatic rings. The fourth-order valence-electron chi connectivity index (χ4n) is 3.15. The Hall–Kier alpha value is -2.58. The zero-order valence-corrected chi connectivity index (χ0v) is 18.8. The van der Waals surface area contributed by atoms with Gasteiger partial charge in [0.25, 0.3) is 0 Å². The molecule has 2 aromatic rings. The minimum absolute atomic E-state index is 0.0724. The number of alkyl halides is 3. The van der Waals surface area contributed by atoms with Crippen LogP contribution in [0.1, 0.15) is 43.0 Å². The lowest BCUT2D eigenvalue weighted by atomic mass is 10.0. The second-order valence-electron chi connectivity index (χ2n) is 8.78. The number of halogens is 3. The minimum Gasteiger partial charge on any atom is -0.444 e. The summed E-state index contributed by atoms with van der Waals surface area (Å²) in [4.78, 5) is 12.3. The van der Waals surface area contributed by atoms with Crippen molar-refractivity contribution in [1.29, 1.82) is 0 Å². The highest BCUT2D eigenvalue weighted by Gasteiger charge is 2.31. The lowest BCUT2D eigenvalue weighted by Gasteiger charge is -2.27. The predicted molar refractivity (Wildman–Crippen MR) is 117 cm³/mol. The summed E-state index contributed by atoms with van der Waals surface area (Å²) < 4.78 is 44.3. The van der Waals surface area contributed by atoms with Crippen LogP contribution >= 0.6 is 0 Å². The van der Waals surface area contributed by atoms with Crippen molar-refractivity contribution in [2.24, 2.45) is 0 Å². The van der Waals surface area contributed by atoms with Crippen molar-refractivity contribution in [3.8, 4) is 0 Å². The van der Waals surface area contributed by atoms with Crippen LogP contribution in [-0.2, 0) is 23.9 Å². The van der Waals surface area contributed by atoms with Crippen LogP contribution in [0, 0.1) is 6.92 Å². The first-order valence-corrected chi connectivity index (χ1v) is 10.4. The Bertz CT molecular complexity index is 880. The highest BCUT2D eigenvalue weighted by atomic mass is 19.4. The van der Waals surface area contributed by atoms with Gasteiger partial charge in [-0.05, 0) is 62.9 Å². The van der Waals surface area contributed by atoms with E-state index >= 15 is 0 Å². The van der Waals surface area contributed by atoms with E-state index in [2.05, 4.69) is 10.6 Å². The second-order valence-corrected chi connectivity index (χ2v) is 8.78. The van der Waals surface area contributed by atoms with Gasteiger partial charge in [-0.3, -0.25) is 0 Å². The van der Waals surface area contributed by atoms with E-state index in [9.17, 15) is 23.1 Å². The van der Waals surface area contributed by atoms with Crippen molar-refractivity contribution in [3.63, 3.8) is 0 Å². The largest absolute Gasteiger partial charge is 0.444 e. The van der Waals surface area contributed by atoms with Crippen LogP contribution in [0.2, 0.25) is 0 Å². The molecule has 0 radical (unpaired) electrons. The molecule has 0 unspecified atom stereocenters. The second kappa shape index (κ2) is 10.8. The van der Waals surface area contributed by atoms with Crippen molar-refractivity contribution >= 4 is 6.09 Å². The third-order valence-electron chi connectivity index (χ3n) is 4.81. The normalized spacial score (nSPS) is 14.0. The van der Waals surface area contributed by atoms with Crippen LogP contribution in [0.25, 0.3) is 0 Å². The van der Waals surface area contributed by atoms with E-state index in [0.29, 0.717) is 17.5 Å². The molecular weight excluding hydrogens is 421 g/mol. The fourth-order valence-corrected chi connectivity index (χ4v) is 3.15. The van der Waals surface area contributed by atoms with E-state index < -0.39 is 35.6 Å². The standard InChI is InChI=1S/C24H31F3N2O3/c1-16-10-11-19(24(25,26)27)13-18(16)14-28-15-21(30)20(12-17-8-6-5-7-9-17)29-22(31)32-23(2,3)4/h5-11,13,20-21,28,30H,12,14-15H2,1-4H3,(H,29,31)/t20-,21-/m0/s1. The maximum absolute atomic E-state index is 13.0. The Morgan fingerprint density at radius 1 is 1.09 bits per heavy atom. The molecule has 5 nitrogen and oxygen atoms in total. The summed E-state index contributed by atoms with van der Waals surface area (Å²) >= 11 is 0. The number of nitrogens with one attached hydrogen (secondary N) is 2. The topological polar surface area (TPSA) is 70.6 Å². The maximum atomic E-state index is 13.0. The average molecular weight is 453 g/mol. The van der Waals surface area contributed by atoms with Crippen molar-refractivity contribution < 1.29 is 27.8 Å². The molecule has 32 heavy (non-hydrogen) atoms. The third kappa shape index (κ3) is 8.51. The molecule has 1 amide bonds. The molecule has 0 fully saturated rings. The van der Waals surface area contributed by atoms with E-state index in [4.69, 9.17) is 4.74 Å². The molecule has 0 aliphatic heterocycles. The van der Waals surface area contributed by atoms with E-state index in [0.717, 1.165) is 17.7 Å². The molecule has 176 valence electrons. The van der Waals surface area contributed by atoms with Gasteiger partial charge in [0, 0.05) is 13.1 Å². The van der Waals surface area contributed by atoms with Crippen molar-refractivity contribution in [3.05, 3.63) is 70.8 Å². The summed E-state index contributed by atoms with van der Waals surface area (Å²) in [6.07, 6.45) is -5.69. The number of aliphatic hydroxyl groups is 1. The van der Waals surface area contributed by atoms with Crippen LogP contribution in [0.5, 0.6) is 0 Å². The highest BCUT2D eigenvalue weighted by Crippen LogP contribution is 2.30. The Morgan fingerprint density at radius 3 is 2.34 bits per heavy atom. The Labute approximate surface area is 187 Å². The number of carbonyl (C=O) groups is 1. The van der Waals surface area contributed by atoms with Crippen LogP contribution in [0.4, 0.5) is 18.0 Å². The van der Waals surface area contributed by atoms with E-state index in [-0.39, 0.29) is 13.1 Å². The summed E-state index contributed by atoms with van der Waals surface area (Å²) in [5.41, 5.74) is 0.723. The van der Waals surface area contributed by atoms with Gasteiger partial charge < -0.3 is 20.5 Å². The fraction of sp³-hybridized carbons (Fsp3) is 0.458. The van der Waals surface area contributed by atoms with Gasteiger partial charge in [-0.15, -0.1) is 0 Å². The molecule has 3 N–H and O–H groups in total. The number of hydrogen-bond donors (Lipinski definition) is 3. The monoisotopic (exact) mass is 452 g/mol. The van der Waals surface area contributed by atoms with Gasteiger partial charge >= 0.3 is 12.3 Å². The number of aryl methyl sites for hydroxylation is 1. The lowest BCUT2D eigenvalue weighted by molar-refractivity contribution is -0.137. The first-order valence-electron chi connectivity index (χ1n) is 10.4. The van der Waals surface area contributed by atoms with Gasteiger partial charge in [-0.1, -0.05) is 36.4 Å². The number of ether oxygens (including phenoxy) is 1. The smallest absolute Gasteiger partial charge is 0.416 e. The van der Waals surface area contributed by atoms with E-state index in [1.807, 2.05) is 30.3 Å². The molecule has 2 rings (SSSR count). The number of alkyl carbamates (subject to hydrolysis) is 1. The van der Waals surface area contributed by atoms with Crippen molar-refractivity contribution in [2.45, 2.75) is 64.6 Å². The molecule has 0 saturated carbocycles. The van der Waals surface area contributed by atoms with Crippen molar-refractivity contribution in [1.82, 2.24) is 10.6 Å². The molecular formula is C24H31F3N2O3. The maximum Gasteiger partial charge on any atom is 0.416 e. The lowest BCUT2D eigenvalue weighted by Crippen LogP contribution is -2.49. The molecule has 0 bridgehead atoms. The van der Waals surface area contributed by atoms with Crippen LogP contribution < -0.4 is 10.6 Å². The molecule has 2 atom stereocenters. The van der Waals surface area contributed by atoms with Crippen LogP contribution in [0.15, 0.2) is 48.5 Å². The van der Waals surface area contributed by atoms with Crippen LogP contribution in [-0.4, -0.2) is 35.5 Å². The number of rotatable bonds is 8. The molecule has 0 aromatic heterocycles. The van der Waals surface area contributed by atoms with E-state index in [1.54, 1.807) is 27.7 Å². The summed E-state index contributed by atoms with van der Waals surface area (Å²) in [6, 6.07) is 12.3. The van der Waals surface area contributed by atoms with Gasteiger partial charge in [-0.25, -0.2) is 4.79 Å². The van der Waals surface area contributed by atoms with Crippen LogP contribution in [0.3, 0.4) is 0 Å². The molecule has 2 aromatic carbocycles. The average Bonchev–Trinajstić information content (AvgIpc) is 2.67. The molecule has 8 heteroatoms. The number of hydrogen-bond acceptors (Lipinski definition) is 4. The minimum atomic E-state index is -4.42. The molecule has 0 spiro atoms. The summed E-state index contributed by atoms with van der Waals surface area (Å²) in [5.74, 6) is 0. The number of benzene rings is 2. The number of carbonyl (C=O) groups excluding carboxylic acids is 1. The van der Waals surface area contributed by atoms with Gasteiger partial charge in [0.15, 0.2) is 0 Å². The molecule has 0 heterocycles. The Balaban J connectivity index is 2.04. The van der Waals surface area contributed by atoms with Crippen molar-refractivity contribution in [2.75, 3.05) is 6.54 Å². The highest BCUT2D eigenvalue weighted by molar-refractivity contribution is 5.68. The zero-order valence-electron chi connectivity index (χ0n) is 18.8. The quantitative estimate of drug-likeness (QED) is 0.548. The molecule has 0 saturated heterocycles. The predicted octanol–water partition coefficient (Wildman–Crippen LogP) is 4.60. The third-order valence-corrected chi connectivity index (χ3v) is 4.81. The first-order chi connectivity index (χ1) is 14.8.